The van der Waals surface area contributed by atoms with Crippen molar-refractivity contribution in [3.05, 3.63) is 35.4 Å². The Morgan fingerprint density at radius 2 is 2.05 bits per heavy atom. The maximum Gasteiger partial charge on any atom is 0.419 e. The van der Waals surface area contributed by atoms with Crippen molar-refractivity contribution in [2.45, 2.75) is 13.1 Å². The molecule has 19 heavy (non-hydrogen) atoms. The standard InChI is InChI=1S/C10H8F3N5S/c1-5-2-7(8(14)19)17-9(16-5)18-4-6(3-15-18)10(11,12)13/h2-4H,1H3,(H2,14,19). The van der Waals surface area contributed by atoms with Crippen LogP contribution < -0.4 is 5.73 Å². The van der Waals surface area contributed by atoms with Gasteiger partial charge >= 0.3 is 6.18 Å². The largest absolute Gasteiger partial charge is 0.419 e. The molecule has 0 fully saturated rings. The molecule has 0 saturated heterocycles. The summed E-state index contributed by atoms with van der Waals surface area (Å²) in [6.45, 7) is 1.65. The molecule has 0 amide bonds. The fraction of sp³-hybridized carbons (Fsp3) is 0.200. The van der Waals surface area contributed by atoms with Crippen molar-refractivity contribution in [1.29, 1.82) is 0 Å². The number of hydrogen-bond donors (Lipinski definition) is 1. The number of nitrogens with two attached hydrogens (primary N) is 1. The van der Waals surface area contributed by atoms with Crippen molar-refractivity contribution in [1.82, 2.24) is 19.7 Å². The molecule has 0 bridgehead atoms. The lowest BCUT2D eigenvalue weighted by molar-refractivity contribution is -0.137. The van der Waals surface area contributed by atoms with Crippen LogP contribution in [0.25, 0.3) is 5.95 Å². The first-order valence-electron chi connectivity index (χ1n) is 5.05. The van der Waals surface area contributed by atoms with Crippen molar-refractivity contribution < 1.29 is 13.2 Å². The van der Waals surface area contributed by atoms with Gasteiger partial charge in [0.15, 0.2) is 0 Å². The van der Waals surface area contributed by atoms with Crippen molar-refractivity contribution in [2.24, 2.45) is 5.73 Å². The summed E-state index contributed by atoms with van der Waals surface area (Å²) in [4.78, 5) is 7.98. The lowest BCUT2D eigenvalue weighted by Crippen LogP contribution is -2.15. The van der Waals surface area contributed by atoms with Gasteiger partial charge in [0.2, 0.25) is 0 Å². The van der Waals surface area contributed by atoms with Crippen LogP contribution in [-0.4, -0.2) is 24.7 Å². The summed E-state index contributed by atoms with van der Waals surface area (Å²) in [5.74, 6) is -0.0155. The van der Waals surface area contributed by atoms with Gasteiger partial charge in [0, 0.05) is 11.9 Å². The van der Waals surface area contributed by atoms with Gasteiger partial charge in [0.05, 0.1) is 11.8 Å². The van der Waals surface area contributed by atoms with Crippen molar-refractivity contribution in [3.63, 3.8) is 0 Å². The number of nitrogens with zero attached hydrogens (tertiary/aromatic N) is 4. The number of aromatic nitrogens is 4. The van der Waals surface area contributed by atoms with Gasteiger partial charge in [-0.1, -0.05) is 12.2 Å². The van der Waals surface area contributed by atoms with E-state index >= 15 is 0 Å². The summed E-state index contributed by atoms with van der Waals surface area (Å²) in [7, 11) is 0. The minimum Gasteiger partial charge on any atom is -0.388 e. The molecule has 2 N–H and O–H groups in total. The fourth-order valence-corrected chi connectivity index (χ4v) is 1.46. The van der Waals surface area contributed by atoms with Gasteiger partial charge in [0.1, 0.15) is 10.7 Å². The van der Waals surface area contributed by atoms with Gasteiger partial charge in [-0.3, -0.25) is 0 Å². The minimum atomic E-state index is -4.46. The predicted octanol–water partition coefficient (Wildman–Crippen LogP) is 1.62. The third-order valence-electron chi connectivity index (χ3n) is 2.21. The van der Waals surface area contributed by atoms with Crippen LogP contribution in [-0.2, 0) is 6.18 Å². The van der Waals surface area contributed by atoms with Gasteiger partial charge in [-0.25, -0.2) is 14.6 Å². The topological polar surface area (TPSA) is 69.6 Å². The van der Waals surface area contributed by atoms with Crippen LogP contribution in [0.1, 0.15) is 17.0 Å². The zero-order valence-corrected chi connectivity index (χ0v) is 10.5. The smallest absolute Gasteiger partial charge is 0.388 e. The van der Waals surface area contributed by atoms with E-state index in [9.17, 15) is 13.2 Å². The number of hydrogen-bond acceptors (Lipinski definition) is 4. The zero-order valence-electron chi connectivity index (χ0n) is 9.64. The molecule has 2 aromatic rings. The number of aryl methyl sites for hydroxylation is 1. The lowest BCUT2D eigenvalue weighted by atomic mass is 10.3. The lowest BCUT2D eigenvalue weighted by Gasteiger charge is -2.04. The molecule has 0 aliphatic carbocycles. The molecule has 0 saturated carbocycles. The SMILES string of the molecule is Cc1cc(C(N)=S)nc(-n2cc(C(F)(F)F)cn2)n1. The second kappa shape index (κ2) is 4.57. The molecule has 0 aromatic carbocycles. The van der Waals surface area contributed by atoms with Crippen molar-refractivity contribution in [3.8, 4) is 5.95 Å². The van der Waals surface area contributed by atoms with Crippen molar-refractivity contribution in [2.75, 3.05) is 0 Å². The first-order chi connectivity index (χ1) is 8.77. The Labute approximate surface area is 111 Å². The highest BCUT2D eigenvalue weighted by molar-refractivity contribution is 7.80. The minimum absolute atomic E-state index is 0.0155. The van der Waals surface area contributed by atoms with E-state index in [1.54, 1.807) is 13.0 Å². The molecule has 0 spiro atoms. The zero-order chi connectivity index (χ0) is 14.2. The maximum atomic E-state index is 12.5. The summed E-state index contributed by atoms with van der Waals surface area (Å²) in [6, 6.07) is 1.54. The average molecular weight is 287 g/mol. The normalized spacial score (nSPS) is 11.6. The van der Waals surface area contributed by atoms with Gasteiger partial charge in [-0.15, -0.1) is 0 Å². The van der Waals surface area contributed by atoms with Crippen LogP contribution >= 0.6 is 12.2 Å². The van der Waals surface area contributed by atoms with Crippen LogP contribution in [0.4, 0.5) is 13.2 Å². The molecule has 100 valence electrons. The molecule has 9 heteroatoms. The van der Waals surface area contributed by atoms with E-state index in [0.717, 1.165) is 10.9 Å². The van der Waals surface area contributed by atoms with E-state index in [1.807, 2.05) is 0 Å². The Morgan fingerprint density at radius 3 is 2.58 bits per heavy atom. The molecule has 0 atom stereocenters. The van der Waals surface area contributed by atoms with Gasteiger partial charge in [-0.05, 0) is 13.0 Å². The Kier molecular flexibility index (Phi) is 3.23. The van der Waals surface area contributed by atoms with Crippen LogP contribution in [0.3, 0.4) is 0 Å². The Hall–Kier alpha value is -2.03. The summed E-state index contributed by atoms with van der Waals surface area (Å²) in [5.41, 5.74) is 5.36. The quantitative estimate of drug-likeness (QED) is 0.850. The third kappa shape index (κ3) is 2.87. The molecular weight excluding hydrogens is 279 g/mol. The van der Waals surface area contributed by atoms with Gasteiger partial charge < -0.3 is 5.73 Å². The van der Waals surface area contributed by atoms with E-state index in [0.29, 0.717) is 11.9 Å². The maximum absolute atomic E-state index is 12.5. The van der Waals surface area contributed by atoms with Crippen molar-refractivity contribution >= 4 is 17.2 Å². The number of halogens is 3. The average Bonchev–Trinajstić information content (AvgIpc) is 2.76. The first-order valence-corrected chi connectivity index (χ1v) is 5.46. The van der Waals surface area contributed by atoms with E-state index in [2.05, 4.69) is 15.1 Å². The number of thiocarbonyl (C=S) groups is 1. The van der Waals surface area contributed by atoms with Crippen LogP contribution in [0, 0.1) is 6.92 Å². The van der Waals surface area contributed by atoms with Gasteiger partial charge in [-0.2, -0.15) is 18.3 Å². The van der Waals surface area contributed by atoms with E-state index in [-0.39, 0.29) is 16.6 Å². The summed E-state index contributed by atoms with van der Waals surface area (Å²) >= 11 is 4.77. The molecule has 0 aliphatic rings. The Bertz CT molecular complexity index is 634. The van der Waals surface area contributed by atoms with E-state index in [4.69, 9.17) is 18.0 Å². The molecule has 2 heterocycles. The highest BCUT2D eigenvalue weighted by Gasteiger charge is 2.32. The molecule has 0 unspecified atom stereocenters. The van der Waals surface area contributed by atoms with Crippen LogP contribution in [0.5, 0.6) is 0 Å². The summed E-state index contributed by atoms with van der Waals surface area (Å²) in [6.07, 6.45) is -2.96. The Balaban J connectivity index is 2.47. The second-order valence-electron chi connectivity index (χ2n) is 3.73. The highest BCUT2D eigenvalue weighted by atomic mass is 32.1. The molecule has 0 aliphatic heterocycles. The highest BCUT2D eigenvalue weighted by Crippen LogP contribution is 2.28. The predicted molar refractivity (Wildman–Crippen MR) is 64.8 cm³/mol. The number of rotatable bonds is 2. The van der Waals surface area contributed by atoms with E-state index < -0.39 is 11.7 Å². The van der Waals surface area contributed by atoms with Crippen LogP contribution in [0.2, 0.25) is 0 Å². The molecule has 2 aromatic heterocycles. The molecular formula is C10H8F3N5S. The fourth-order valence-electron chi connectivity index (χ4n) is 1.36. The first kappa shape index (κ1) is 13.4. The number of alkyl halides is 3. The van der Waals surface area contributed by atoms with Gasteiger partial charge in [0.25, 0.3) is 5.95 Å². The Morgan fingerprint density at radius 1 is 1.37 bits per heavy atom. The molecule has 2 rings (SSSR count). The summed E-state index contributed by atoms with van der Waals surface area (Å²) < 4.78 is 38.3. The molecule has 5 nitrogen and oxygen atoms in total. The monoisotopic (exact) mass is 287 g/mol. The second-order valence-corrected chi connectivity index (χ2v) is 4.17. The van der Waals surface area contributed by atoms with Crippen LogP contribution in [0.15, 0.2) is 18.5 Å². The summed E-state index contributed by atoms with van der Waals surface area (Å²) in [5, 5.41) is 3.58. The van der Waals surface area contributed by atoms with E-state index in [1.165, 1.54) is 0 Å². The third-order valence-corrected chi connectivity index (χ3v) is 2.42. The molecule has 0 radical (unpaired) electrons.